The van der Waals surface area contributed by atoms with Crippen LogP contribution in [0.15, 0.2) is 60.8 Å². The first kappa shape index (κ1) is 46.0. The third-order valence-corrected chi connectivity index (χ3v) is 9.17. The number of carbonyl (C=O) groups is 1. The summed E-state index contributed by atoms with van der Waals surface area (Å²) >= 11 is 0. The fraction of sp³-hybridized carbons (Fsp3) is 0.732. The number of aliphatic hydroxyl groups is 1. The average molecular weight is 692 g/mol. The Balaban J connectivity index is 4.05. The Labute approximate surface area is 296 Å². The number of rotatable bonds is 34. The van der Waals surface area contributed by atoms with Gasteiger partial charge in [-0.25, -0.2) is 0 Å². The molecular weight excluding hydrogens is 619 g/mol. The Bertz CT molecular complexity index is 983. The van der Waals surface area contributed by atoms with Gasteiger partial charge in [0.2, 0.25) is 5.91 Å². The highest BCUT2D eigenvalue weighted by atomic mass is 32.2. The molecule has 0 aromatic rings. The van der Waals surface area contributed by atoms with Crippen molar-refractivity contribution in [2.45, 2.75) is 187 Å². The Kier molecular flexibility index (Phi) is 33.5. The summed E-state index contributed by atoms with van der Waals surface area (Å²) in [5.41, 5.74) is 0. The van der Waals surface area contributed by atoms with Crippen molar-refractivity contribution >= 4 is 16.0 Å². The maximum atomic E-state index is 12.5. The second-order valence-electron chi connectivity index (χ2n) is 13.2. The summed E-state index contributed by atoms with van der Waals surface area (Å²) in [4.78, 5) is 12.5. The second-order valence-corrected chi connectivity index (χ2v) is 14.7. The number of hydrogen-bond acceptors (Lipinski definition) is 4. The van der Waals surface area contributed by atoms with Crippen molar-refractivity contribution in [2.24, 2.45) is 0 Å². The summed E-state index contributed by atoms with van der Waals surface area (Å²) in [5.74, 6) is -1.02. The van der Waals surface area contributed by atoms with Gasteiger partial charge < -0.3 is 10.4 Å². The van der Waals surface area contributed by atoms with E-state index in [0.717, 1.165) is 57.8 Å². The molecule has 0 aromatic heterocycles. The van der Waals surface area contributed by atoms with Crippen molar-refractivity contribution in [2.75, 3.05) is 5.75 Å². The van der Waals surface area contributed by atoms with Crippen LogP contribution < -0.4 is 5.32 Å². The lowest BCUT2D eigenvalue weighted by Crippen LogP contribution is -2.46. The lowest BCUT2D eigenvalue weighted by molar-refractivity contribution is -0.122. The standard InChI is InChI=1S/C41H73NO5S/c1-3-5-7-9-11-13-15-17-19-20-21-23-25-27-29-31-33-35-37-41(44)42-39(38-48(45,46)47)40(43)36-34-32-30-28-26-24-22-18-16-14-12-10-8-6-4-2/h13,15-16,18-20,26,28,34,36,39-40,43H,3-12,14,17,21-25,27,29-33,35,37-38H2,1-2H3,(H,42,44)(H,45,46,47)/b15-13-,18-16+,20-19-,28-26+,36-34+. The Hall–Kier alpha value is -1.96. The van der Waals surface area contributed by atoms with E-state index in [9.17, 15) is 22.9 Å². The van der Waals surface area contributed by atoms with E-state index in [1.807, 2.05) is 0 Å². The smallest absolute Gasteiger partial charge is 0.267 e. The third-order valence-electron chi connectivity index (χ3n) is 8.39. The zero-order valence-corrected chi connectivity index (χ0v) is 31.7. The summed E-state index contributed by atoms with van der Waals surface area (Å²) in [6.45, 7) is 4.48. The Morgan fingerprint density at radius 1 is 0.562 bits per heavy atom. The van der Waals surface area contributed by atoms with Gasteiger partial charge in [-0.3, -0.25) is 9.35 Å². The molecule has 0 aliphatic heterocycles. The van der Waals surface area contributed by atoms with Crippen molar-refractivity contribution in [3.8, 4) is 0 Å². The van der Waals surface area contributed by atoms with Gasteiger partial charge in [-0.15, -0.1) is 0 Å². The van der Waals surface area contributed by atoms with Gasteiger partial charge in [0.25, 0.3) is 10.1 Å². The van der Waals surface area contributed by atoms with Crippen LogP contribution in [-0.2, 0) is 14.9 Å². The molecule has 3 N–H and O–H groups in total. The summed E-state index contributed by atoms with van der Waals surface area (Å²) in [6.07, 6.45) is 47.7. The van der Waals surface area contributed by atoms with Crippen molar-refractivity contribution < 1.29 is 22.9 Å². The summed E-state index contributed by atoms with van der Waals surface area (Å²) in [5, 5.41) is 13.2. The first-order chi connectivity index (χ1) is 23.3. The molecule has 0 heterocycles. The fourth-order valence-electron chi connectivity index (χ4n) is 5.45. The minimum absolute atomic E-state index is 0.273. The highest BCUT2D eigenvalue weighted by Gasteiger charge is 2.24. The molecule has 278 valence electrons. The maximum absolute atomic E-state index is 12.5. The molecule has 0 aliphatic carbocycles. The van der Waals surface area contributed by atoms with Crippen LogP contribution in [0.3, 0.4) is 0 Å². The van der Waals surface area contributed by atoms with Crippen LogP contribution in [-0.4, -0.2) is 41.9 Å². The van der Waals surface area contributed by atoms with E-state index in [0.29, 0.717) is 12.8 Å². The van der Waals surface area contributed by atoms with Crippen molar-refractivity contribution in [3.63, 3.8) is 0 Å². The molecule has 7 heteroatoms. The van der Waals surface area contributed by atoms with Crippen LogP contribution in [0, 0.1) is 0 Å². The van der Waals surface area contributed by atoms with Crippen LogP contribution in [0.25, 0.3) is 0 Å². The van der Waals surface area contributed by atoms with Crippen molar-refractivity contribution in [1.29, 1.82) is 0 Å². The summed E-state index contributed by atoms with van der Waals surface area (Å²) in [6, 6.07) is -1.08. The van der Waals surface area contributed by atoms with Gasteiger partial charge in [0.1, 0.15) is 0 Å². The van der Waals surface area contributed by atoms with Gasteiger partial charge in [-0.05, 0) is 77.0 Å². The van der Waals surface area contributed by atoms with E-state index in [1.165, 1.54) is 89.5 Å². The zero-order valence-electron chi connectivity index (χ0n) is 30.8. The zero-order chi connectivity index (χ0) is 35.4. The highest BCUT2D eigenvalue weighted by Crippen LogP contribution is 2.12. The van der Waals surface area contributed by atoms with E-state index in [4.69, 9.17) is 0 Å². The topological polar surface area (TPSA) is 104 Å². The van der Waals surface area contributed by atoms with Gasteiger partial charge in [-0.1, -0.05) is 152 Å². The van der Waals surface area contributed by atoms with Gasteiger partial charge in [0, 0.05) is 6.42 Å². The molecule has 0 rings (SSSR count). The first-order valence-corrected chi connectivity index (χ1v) is 21.1. The lowest BCUT2D eigenvalue weighted by Gasteiger charge is -2.21. The second kappa shape index (κ2) is 34.9. The third kappa shape index (κ3) is 35.3. The molecule has 0 saturated carbocycles. The van der Waals surface area contributed by atoms with Gasteiger partial charge >= 0.3 is 0 Å². The highest BCUT2D eigenvalue weighted by molar-refractivity contribution is 7.85. The van der Waals surface area contributed by atoms with Crippen LogP contribution in [0.5, 0.6) is 0 Å². The summed E-state index contributed by atoms with van der Waals surface area (Å²) in [7, 11) is -4.36. The number of unbranched alkanes of at least 4 members (excludes halogenated alkanes) is 18. The Morgan fingerprint density at radius 3 is 1.46 bits per heavy atom. The molecule has 0 saturated heterocycles. The number of carbonyl (C=O) groups excluding carboxylic acids is 1. The first-order valence-electron chi connectivity index (χ1n) is 19.5. The van der Waals surface area contributed by atoms with Gasteiger partial charge in [0.15, 0.2) is 0 Å². The average Bonchev–Trinajstić information content (AvgIpc) is 3.05. The predicted molar refractivity (Wildman–Crippen MR) is 207 cm³/mol. The van der Waals surface area contributed by atoms with Gasteiger partial charge in [-0.2, -0.15) is 8.42 Å². The molecule has 0 aromatic carbocycles. The quantitative estimate of drug-likeness (QED) is 0.0354. The minimum Gasteiger partial charge on any atom is -0.387 e. The normalized spacial score (nSPS) is 14.0. The van der Waals surface area contributed by atoms with Crippen LogP contribution >= 0.6 is 0 Å². The van der Waals surface area contributed by atoms with Crippen LogP contribution in [0.4, 0.5) is 0 Å². The number of allylic oxidation sites excluding steroid dienone is 9. The molecule has 2 atom stereocenters. The van der Waals surface area contributed by atoms with Crippen LogP contribution in [0.1, 0.15) is 174 Å². The number of nitrogens with one attached hydrogen (secondary N) is 1. The molecule has 0 spiro atoms. The largest absolute Gasteiger partial charge is 0.387 e. The minimum atomic E-state index is -4.36. The molecule has 0 fully saturated rings. The number of hydrogen-bond donors (Lipinski definition) is 3. The van der Waals surface area contributed by atoms with Crippen molar-refractivity contribution in [1.82, 2.24) is 5.32 Å². The van der Waals surface area contributed by atoms with Gasteiger partial charge in [0.05, 0.1) is 17.9 Å². The number of aliphatic hydroxyl groups excluding tert-OH is 1. The predicted octanol–water partition coefficient (Wildman–Crippen LogP) is 11.3. The summed E-state index contributed by atoms with van der Waals surface area (Å²) < 4.78 is 32.4. The van der Waals surface area contributed by atoms with E-state index in [-0.39, 0.29) is 12.3 Å². The van der Waals surface area contributed by atoms with E-state index >= 15 is 0 Å². The SMILES string of the molecule is CCCCCC/C=C\C/C=C\CCCCCCCCCC(=O)NC(CS(=O)(=O)O)C(O)/C=C/CC/C=C/CC/C=C/CCCCCCC. The maximum Gasteiger partial charge on any atom is 0.267 e. The molecule has 2 unspecified atom stereocenters. The van der Waals surface area contributed by atoms with Crippen LogP contribution in [0.2, 0.25) is 0 Å². The molecular formula is C41H73NO5S. The fourth-order valence-corrected chi connectivity index (χ4v) is 6.18. The monoisotopic (exact) mass is 692 g/mol. The molecule has 1 amide bonds. The van der Waals surface area contributed by atoms with E-state index < -0.39 is 28.0 Å². The Morgan fingerprint density at radius 2 is 0.958 bits per heavy atom. The van der Waals surface area contributed by atoms with E-state index in [1.54, 1.807) is 6.08 Å². The molecule has 0 bridgehead atoms. The van der Waals surface area contributed by atoms with Crippen molar-refractivity contribution in [3.05, 3.63) is 60.8 Å². The molecule has 0 aliphatic rings. The molecule has 6 nitrogen and oxygen atoms in total. The molecule has 48 heavy (non-hydrogen) atoms. The molecule has 0 radical (unpaired) electrons. The van der Waals surface area contributed by atoms with E-state index in [2.05, 4.69) is 67.8 Å². The number of amides is 1. The lowest BCUT2D eigenvalue weighted by atomic mass is 10.1.